The number of esters is 1. The second kappa shape index (κ2) is 11.4. The molecule has 0 bridgehead atoms. The molecule has 0 heterocycles. The van der Waals surface area contributed by atoms with Gasteiger partial charge in [-0.15, -0.1) is 12.4 Å². The van der Waals surface area contributed by atoms with Crippen molar-refractivity contribution >= 4 is 24.3 Å². The third kappa shape index (κ3) is 6.38. The van der Waals surface area contributed by atoms with Crippen molar-refractivity contribution < 1.29 is 14.3 Å². The highest BCUT2D eigenvalue weighted by Gasteiger charge is 2.26. The third-order valence-electron chi connectivity index (χ3n) is 4.39. The van der Waals surface area contributed by atoms with Gasteiger partial charge in [0, 0.05) is 12.6 Å². The molecule has 0 saturated heterocycles. The molecule has 0 aliphatic carbocycles. The maximum absolute atomic E-state index is 12.5. The predicted molar refractivity (Wildman–Crippen MR) is 109 cm³/mol. The third-order valence-corrected chi connectivity index (χ3v) is 4.39. The fourth-order valence-corrected chi connectivity index (χ4v) is 2.76. The number of amides is 1. The zero-order valence-electron chi connectivity index (χ0n) is 15.6. The molecule has 1 amide bonds. The molecule has 5 nitrogen and oxygen atoms in total. The van der Waals surface area contributed by atoms with Crippen molar-refractivity contribution in [2.45, 2.75) is 25.8 Å². The Hall–Kier alpha value is -2.37. The van der Waals surface area contributed by atoms with Crippen molar-refractivity contribution in [2.75, 3.05) is 13.2 Å². The van der Waals surface area contributed by atoms with Gasteiger partial charge in [0.2, 0.25) is 5.91 Å². The van der Waals surface area contributed by atoms with Crippen LogP contribution in [0.25, 0.3) is 0 Å². The molecule has 3 atom stereocenters. The quantitative estimate of drug-likeness (QED) is 0.678. The summed E-state index contributed by atoms with van der Waals surface area (Å²) >= 11 is 0. The van der Waals surface area contributed by atoms with Gasteiger partial charge in [-0.25, -0.2) is 0 Å². The number of nitrogens with two attached hydrogens (primary N) is 1. The summed E-state index contributed by atoms with van der Waals surface area (Å²) in [5.74, 6) is -1.50. The largest absolute Gasteiger partial charge is 0.465 e. The first-order valence-electron chi connectivity index (χ1n) is 8.84. The Bertz CT molecular complexity index is 710. The van der Waals surface area contributed by atoms with Gasteiger partial charge in [-0.05, 0) is 18.1 Å². The van der Waals surface area contributed by atoms with Gasteiger partial charge >= 0.3 is 5.97 Å². The summed E-state index contributed by atoms with van der Waals surface area (Å²) in [4.78, 5) is 24.8. The summed E-state index contributed by atoms with van der Waals surface area (Å²) in [6.07, 6.45) is 0. The van der Waals surface area contributed by atoms with Crippen LogP contribution in [-0.2, 0) is 14.3 Å². The summed E-state index contributed by atoms with van der Waals surface area (Å²) in [7, 11) is 0. The topological polar surface area (TPSA) is 81.4 Å². The Labute approximate surface area is 166 Å². The number of nitrogens with one attached hydrogen (secondary N) is 1. The van der Waals surface area contributed by atoms with E-state index in [9.17, 15) is 9.59 Å². The van der Waals surface area contributed by atoms with Crippen LogP contribution < -0.4 is 11.1 Å². The molecule has 2 aromatic carbocycles. The molecule has 146 valence electrons. The van der Waals surface area contributed by atoms with Crippen LogP contribution in [-0.4, -0.2) is 25.0 Å². The Morgan fingerprint density at radius 2 is 1.52 bits per heavy atom. The molecule has 0 aliphatic heterocycles. The highest BCUT2D eigenvalue weighted by Crippen LogP contribution is 2.20. The molecule has 2 aromatic rings. The van der Waals surface area contributed by atoms with E-state index in [1.807, 2.05) is 60.7 Å². The first kappa shape index (κ1) is 22.7. The molecule has 3 unspecified atom stereocenters. The van der Waals surface area contributed by atoms with Crippen molar-refractivity contribution in [3.63, 3.8) is 0 Å². The molecular formula is C21H27ClN2O3. The monoisotopic (exact) mass is 390 g/mol. The van der Waals surface area contributed by atoms with Crippen LogP contribution in [0.2, 0.25) is 0 Å². The molecule has 6 heteroatoms. The van der Waals surface area contributed by atoms with Gasteiger partial charge in [0.05, 0.1) is 18.4 Å². The number of hydrogen-bond donors (Lipinski definition) is 2. The lowest BCUT2D eigenvalue weighted by Crippen LogP contribution is -2.39. The highest BCUT2D eigenvalue weighted by molar-refractivity contribution is 5.85. The summed E-state index contributed by atoms with van der Waals surface area (Å²) in [5.41, 5.74) is 7.93. The van der Waals surface area contributed by atoms with E-state index in [-0.39, 0.29) is 30.8 Å². The van der Waals surface area contributed by atoms with Crippen LogP contribution >= 0.6 is 12.4 Å². The number of carbonyl (C=O) groups is 2. The van der Waals surface area contributed by atoms with Crippen LogP contribution in [0.1, 0.15) is 36.9 Å². The second-order valence-corrected chi connectivity index (χ2v) is 6.19. The summed E-state index contributed by atoms with van der Waals surface area (Å²) in [6, 6.07) is 18.4. The van der Waals surface area contributed by atoms with Crippen LogP contribution in [0.3, 0.4) is 0 Å². The van der Waals surface area contributed by atoms with Crippen molar-refractivity contribution in [1.29, 1.82) is 0 Å². The van der Waals surface area contributed by atoms with Gasteiger partial charge in [-0.2, -0.15) is 0 Å². The fraction of sp³-hybridized carbons (Fsp3) is 0.333. The lowest BCUT2D eigenvalue weighted by Gasteiger charge is -2.22. The first-order valence-corrected chi connectivity index (χ1v) is 8.84. The van der Waals surface area contributed by atoms with E-state index in [0.717, 1.165) is 11.1 Å². The maximum Gasteiger partial charge on any atom is 0.315 e. The van der Waals surface area contributed by atoms with Gasteiger partial charge in [-0.1, -0.05) is 67.6 Å². The minimum atomic E-state index is -0.541. The maximum atomic E-state index is 12.5. The minimum absolute atomic E-state index is 0. The van der Waals surface area contributed by atoms with E-state index in [1.54, 1.807) is 13.8 Å². The molecule has 0 fully saturated rings. The van der Waals surface area contributed by atoms with E-state index in [2.05, 4.69) is 5.32 Å². The molecule has 0 spiro atoms. The van der Waals surface area contributed by atoms with Crippen molar-refractivity contribution in [1.82, 2.24) is 5.32 Å². The van der Waals surface area contributed by atoms with E-state index in [0.29, 0.717) is 6.61 Å². The number of halogens is 1. The smallest absolute Gasteiger partial charge is 0.315 e. The lowest BCUT2D eigenvalue weighted by atomic mass is 9.94. The SMILES string of the molecule is CCOC(=O)C(CNC(=O)C(C)C(N)c1ccccc1)c1ccccc1.Cl. The molecule has 0 saturated carbocycles. The molecule has 3 N–H and O–H groups in total. The Kier molecular flexibility index (Phi) is 9.54. The van der Waals surface area contributed by atoms with Gasteiger partial charge in [0.25, 0.3) is 0 Å². The number of ether oxygens (including phenoxy) is 1. The fourth-order valence-electron chi connectivity index (χ4n) is 2.76. The summed E-state index contributed by atoms with van der Waals surface area (Å²) < 4.78 is 5.15. The molecule has 0 radical (unpaired) electrons. The molecule has 0 aromatic heterocycles. The van der Waals surface area contributed by atoms with E-state index < -0.39 is 17.9 Å². The zero-order chi connectivity index (χ0) is 18.9. The normalized spacial score (nSPS) is 13.6. The zero-order valence-corrected chi connectivity index (χ0v) is 16.4. The van der Waals surface area contributed by atoms with E-state index in [1.165, 1.54) is 0 Å². The van der Waals surface area contributed by atoms with Gasteiger partial charge in [0.1, 0.15) is 0 Å². The number of benzene rings is 2. The van der Waals surface area contributed by atoms with Crippen molar-refractivity contribution in [2.24, 2.45) is 11.7 Å². The van der Waals surface area contributed by atoms with Crippen LogP contribution in [0.5, 0.6) is 0 Å². The number of hydrogen-bond acceptors (Lipinski definition) is 4. The molecule has 27 heavy (non-hydrogen) atoms. The second-order valence-electron chi connectivity index (χ2n) is 6.19. The van der Waals surface area contributed by atoms with Crippen LogP contribution in [0.15, 0.2) is 60.7 Å². The lowest BCUT2D eigenvalue weighted by molar-refractivity contribution is -0.144. The Morgan fingerprint density at radius 1 is 1.00 bits per heavy atom. The first-order chi connectivity index (χ1) is 12.5. The molecular weight excluding hydrogens is 364 g/mol. The van der Waals surface area contributed by atoms with Gasteiger partial charge < -0.3 is 15.8 Å². The summed E-state index contributed by atoms with van der Waals surface area (Å²) in [5, 5.41) is 2.85. The standard InChI is InChI=1S/C21H26N2O3.ClH/c1-3-26-21(25)18(16-10-6-4-7-11-16)14-23-20(24)15(2)19(22)17-12-8-5-9-13-17;/h4-13,15,18-19H,3,14,22H2,1-2H3,(H,23,24);1H. The molecule has 2 rings (SSSR count). The van der Waals surface area contributed by atoms with E-state index in [4.69, 9.17) is 10.5 Å². The summed E-state index contributed by atoms with van der Waals surface area (Å²) in [6.45, 7) is 4.02. The average Bonchev–Trinajstić information content (AvgIpc) is 2.68. The predicted octanol–water partition coefficient (Wildman–Crippen LogP) is 3.21. The number of carbonyl (C=O) groups excluding carboxylic acids is 2. The highest BCUT2D eigenvalue weighted by atomic mass is 35.5. The average molecular weight is 391 g/mol. The molecule has 0 aliphatic rings. The Balaban J connectivity index is 0.00000364. The minimum Gasteiger partial charge on any atom is -0.465 e. The van der Waals surface area contributed by atoms with Crippen LogP contribution in [0, 0.1) is 5.92 Å². The van der Waals surface area contributed by atoms with Crippen molar-refractivity contribution in [3.05, 3.63) is 71.8 Å². The van der Waals surface area contributed by atoms with Gasteiger partial charge in [0.15, 0.2) is 0 Å². The van der Waals surface area contributed by atoms with Crippen molar-refractivity contribution in [3.8, 4) is 0 Å². The number of rotatable bonds is 8. The van der Waals surface area contributed by atoms with Crippen LogP contribution in [0.4, 0.5) is 0 Å². The Morgan fingerprint density at radius 3 is 2.04 bits per heavy atom. The van der Waals surface area contributed by atoms with Gasteiger partial charge in [-0.3, -0.25) is 9.59 Å². The van der Waals surface area contributed by atoms with E-state index >= 15 is 0 Å².